The fourth-order valence-corrected chi connectivity index (χ4v) is 3.49. The minimum Gasteiger partial charge on any atom is -0.354 e. The number of fused-ring (bicyclic) bond motifs is 1. The zero-order valence-electron chi connectivity index (χ0n) is 11.9. The minimum absolute atomic E-state index is 0.644. The molecule has 0 spiro atoms. The van der Waals surface area contributed by atoms with Crippen LogP contribution in [0.4, 0.5) is 0 Å². The molecule has 0 saturated heterocycles. The number of nitrogens with zero attached hydrogens (tertiary/aromatic N) is 2. The predicted octanol–water partition coefficient (Wildman–Crippen LogP) is 3.00. The normalized spacial score (nSPS) is 20.4. The van der Waals surface area contributed by atoms with Gasteiger partial charge in [-0.05, 0) is 58.6 Å². The third-order valence-corrected chi connectivity index (χ3v) is 4.08. The molecule has 0 saturated carbocycles. The first kappa shape index (κ1) is 12.7. The van der Waals surface area contributed by atoms with Crippen molar-refractivity contribution in [1.29, 1.82) is 0 Å². The van der Waals surface area contributed by atoms with E-state index in [4.69, 9.17) is 0 Å². The molecule has 2 heteroatoms. The Kier molecular flexibility index (Phi) is 3.62. The lowest BCUT2D eigenvalue weighted by molar-refractivity contribution is 0.102. The Labute approximate surface area is 106 Å². The second kappa shape index (κ2) is 4.85. The lowest BCUT2D eigenvalue weighted by Gasteiger charge is -2.40. The summed E-state index contributed by atoms with van der Waals surface area (Å²) in [4.78, 5) is 2.68. The Bertz CT molecular complexity index is 368. The predicted molar refractivity (Wildman–Crippen MR) is 73.3 cm³/mol. The van der Waals surface area contributed by atoms with Crippen molar-refractivity contribution in [3.63, 3.8) is 0 Å². The first-order valence-corrected chi connectivity index (χ1v) is 6.91. The summed E-state index contributed by atoms with van der Waals surface area (Å²) in [5, 5.41) is 0. The van der Waals surface area contributed by atoms with Crippen LogP contribution in [-0.4, -0.2) is 27.6 Å². The average Bonchev–Trinajstić information content (AvgIpc) is 2.59. The van der Waals surface area contributed by atoms with Gasteiger partial charge in [-0.3, -0.25) is 4.90 Å². The highest BCUT2D eigenvalue weighted by atomic mass is 15.2. The minimum atomic E-state index is 0.644. The van der Waals surface area contributed by atoms with E-state index >= 15 is 0 Å². The monoisotopic (exact) mass is 234 g/mol. The van der Waals surface area contributed by atoms with Crippen molar-refractivity contribution < 1.29 is 0 Å². The molecule has 0 radical (unpaired) electrons. The molecular formula is C15H26N2. The van der Waals surface area contributed by atoms with Gasteiger partial charge in [-0.25, -0.2) is 0 Å². The van der Waals surface area contributed by atoms with E-state index in [0.717, 1.165) is 6.04 Å². The zero-order chi connectivity index (χ0) is 12.6. The molecule has 0 amide bonds. The maximum absolute atomic E-state index is 2.68. The van der Waals surface area contributed by atoms with Gasteiger partial charge in [-0.15, -0.1) is 0 Å². The molecule has 1 aliphatic rings. The van der Waals surface area contributed by atoms with Crippen LogP contribution in [0, 0.1) is 0 Å². The lowest BCUT2D eigenvalue weighted by atomic mass is 9.90. The topological polar surface area (TPSA) is 8.17 Å². The molecule has 0 N–H and O–H groups in total. The molecule has 0 aliphatic heterocycles. The zero-order valence-corrected chi connectivity index (χ0v) is 11.9. The smallest absolute Gasteiger partial charge is 0.0205 e. The van der Waals surface area contributed by atoms with Crippen LogP contribution in [0.2, 0.25) is 0 Å². The van der Waals surface area contributed by atoms with Crippen molar-refractivity contribution in [1.82, 2.24) is 9.47 Å². The van der Waals surface area contributed by atoms with Crippen LogP contribution in [0.1, 0.15) is 45.4 Å². The van der Waals surface area contributed by atoms with Gasteiger partial charge in [0.1, 0.15) is 0 Å². The molecule has 1 atom stereocenters. The van der Waals surface area contributed by atoms with Gasteiger partial charge >= 0.3 is 0 Å². The number of hydrogen-bond acceptors (Lipinski definition) is 1. The van der Waals surface area contributed by atoms with Crippen molar-refractivity contribution in [3.8, 4) is 0 Å². The van der Waals surface area contributed by atoms with Gasteiger partial charge < -0.3 is 4.57 Å². The summed E-state index contributed by atoms with van der Waals surface area (Å²) in [6.45, 7) is 9.28. The Morgan fingerprint density at radius 1 is 1.24 bits per heavy atom. The summed E-state index contributed by atoms with van der Waals surface area (Å²) in [5.74, 6) is 0. The molecule has 17 heavy (non-hydrogen) atoms. The molecule has 1 aliphatic carbocycles. The van der Waals surface area contributed by atoms with Gasteiger partial charge in [0.15, 0.2) is 0 Å². The summed E-state index contributed by atoms with van der Waals surface area (Å²) in [6.07, 6.45) is 5.98. The van der Waals surface area contributed by atoms with Crippen molar-refractivity contribution in [2.45, 2.75) is 65.1 Å². The largest absolute Gasteiger partial charge is 0.354 e. The summed E-state index contributed by atoms with van der Waals surface area (Å²) in [5.41, 5.74) is 3.11. The molecule has 2 nitrogen and oxygen atoms in total. The van der Waals surface area contributed by atoms with Crippen molar-refractivity contribution >= 4 is 0 Å². The number of aromatic nitrogens is 1. The number of rotatable bonds is 3. The number of aryl methyl sites for hydroxylation is 1. The van der Waals surface area contributed by atoms with E-state index in [1.54, 1.807) is 11.3 Å². The first-order valence-electron chi connectivity index (χ1n) is 6.91. The third-order valence-electron chi connectivity index (χ3n) is 4.08. The van der Waals surface area contributed by atoms with Crippen LogP contribution in [0.15, 0.2) is 12.3 Å². The van der Waals surface area contributed by atoms with Gasteiger partial charge in [-0.2, -0.15) is 0 Å². The average molecular weight is 234 g/mol. The molecule has 1 aromatic rings. The second-order valence-electron chi connectivity index (χ2n) is 5.93. The van der Waals surface area contributed by atoms with E-state index in [9.17, 15) is 0 Å². The van der Waals surface area contributed by atoms with Gasteiger partial charge in [0.05, 0.1) is 0 Å². The van der Waals surface area contributed by atoms with Gasteiger partial charge in [0, 0.05) is 37.1 Å². The summed E-state index contributed by atoms with van der Waals surface area (Å²) in [6, 6.07) is 4.32. The van der Waals surface area contributed by atoms with Crippen LogP contribution in [-0.2, 0) is 19.9 Å². The van der Waals surface area contributed by atoms with Gasteiger partial charge in [0.25, 0.3) is 0 Å². The highest BCUT2D eigenvalue weighted by molar-refractivity contribution is 5.26. The fourth-order valence-electron chi connectivity index (χ4n) is 3.49. The number of hydrogen-bond donors (Lipinski definition) is 0. The van der Waals surface area contributed by atoms with E-state index in [2.05, 4.69) is 56.5 Å². The standard InChI is InChI=1S/C15H26N2/c1-11(2)17(12(3)4)14-6-7-15-13(10-14)8-9-16(15)5/h8-9,11-12,14H,6-7,10H2,1-5H3/t14-/m1/s1. The maximum Gasteiger partial charge on any atom is 0.0205 e. The summed E-state index contributed by atoms with van der Waals surface area (Å²) < 4.78 is 2.29. The summed E-state index contributed by atoms with van der Waals surface area (Å²) >= 11 is 0. The highest BCUT2D eigenvalue weighted by Gasteiger charge is 2.28. The third kappa shape index (κ3) is 2.42. The molecule has 1 heterocycles. The van der Waals surface area contributed by atoms with Crippen LogP contribution in [0.5, 0.6) is 0 Å². The SMILES string of the molecule is CC(C)N(C(C)C)[C@@H]1CCc2c(ccn2C)C1. The van der Waals surface area contributed by atoms with Crippen molar-refractivity contribution in [2.75, 3.05) is 0 Å². The molecule has 2 rings (SSSR count). The molecule has 0 bridgehead atoms. The van der Waals surface area contributed by atoms with Crippen LogP contribution >= 0.6 is 0 Å². The van der Waals surface area contributed by atoms with Gasteiger partial charge in [0.2, 0.25) is 0 Å². The van der Waals surface area contributed by atoms with Crippen LogP contribution in [0.3, 0.4) is 0 Å². The quantitative estimate of drug-likeness (QED) is 0.780. The van der Waals surface area contributed by atoms with E-state index in [0.29, 0.717) is 12.1 Å². The van der Waals surface area contributed by atoms with E-state index in [-0.39, 0.29) is 0 Å². The molecule has 96 valence electrons. The molecular weight excluding hydrogens is 208 g/mol. The molecule has 0 unspecified atom stereocenters. The summed E-state index contributed by atoms with van der Waals surface area (Å²) in [7, 11) is 2.17. The van der Waals surface area contributed by atoms with Crippen LogP contribution in [0.25, 0.3) is 0 Å². The molecule has 0 fully saturated rings. The molecule has 0 aromatic carbocycles. The van der Waals surface area contributed by atoms with Crippen molar-refractivity contribution in [3.05, 3.63) is 23.5 Å². The van der Waals surface area contributed by atoms with Gasteiger partial charge in [-0.1, -0.05) is 0 Å². The highest BCUT2D eigenvalue weighted by Crippen LogP contribution is 2.27. The Balaban J connectivity index is 2.16. The van der Waals surface area contributed by atoms with Crippen molar-refractivity contribution in [2.24, 2.45) is 7.05 Å². The van der Waals surface area contributed by atoms with E-state index in [1.807, 2.05) is 0 Å². The first-order chi connectivity index (χ1) is 8.00. The Hall–Kier alpha value is -0.760. The Morgan fingerprint density at radius 3 is 2.47 bits per heavy atom. The maximum atomic E-state index is 2.68. The Morgan fingerprint density at radius 2 is 1.88 bits per heavy atom. The fraction of sp³-hybridized carbons (Fsp3) is 0.733. The lowest BCUT2D eigenvalue weighted by Crippen LogP contribution is -2.47. The van der Waals surface area contributed by atoms with E-state index in [1.165, 1.54) is 19.3 Å². The molecule has 1 aromatic heterocycles. The van der Waals surface area contributed by atoms with Crippen LogP contribution < -0.4 is 0 Å². The van der Waals surface area contributed by atoms with E-state index < -0.39 is 0 Å². The second-order valence-corrected chi connectivity index (χ2v) is 5.93.